The monoisotopic (exact) mass is 279 g/mol. The maximum atomic E-state index is 14.0. The summed E-state index contributed by atoms with van der Waals surface area (Å²) in [6.07, 6.45) is 0.963. The van der Waals surface area contributed by atoms with Gasteiger partial charge < -0.3 is 5.32 Å². The number of halogens is 1. The zero-order chi connectivity index (χ0) is 15.1. The standard InChI is InChI=1S/C17H14FN3/c18-15-11-13(12-20)8-9-17(15)21-16(7-4-10-19)14-5-2-1-3-6-14/h1-3,5-6,8-9,11,16,21H,4,7H2. The van der Waals surface area contributed by atoms with Crippen molar-refractivity contribution in [3.05, 3.63) is 65.5 Å². The Kier molecular flexibility index (Phi) is 4.90. The number of rotatable bonds is 5. The first-order valence-electron chi connectivity index (χ1n) is 6.62. The van der Waals surface area contributed by atoms with Gasteiger partial charge in [0.25, 0.3) is 0 Å². The van der Waals surface area contributed by atoms with Crippen LogP contribution in [0, 0.1) is 28.5 Å². The van der Waals surface area contributed by atoms with E-state index in [0.29, 0.717) is 18.5 Å². The molecular weight excluding hydrogens is 265 g/mol. The second-order valence-corrected chi connectivity index (χ2v) is 4.61. The van der Waals surface area contributed by atoms with Crippen molar-refractivity contribution in [2.24, 2.45) is 0 Å². The predicted molar refractivity (Wildman–Crippen MR) is 78.8 cm³/mol. The Hall–Kier alpha value is -2.85. The highest BCUT2D eigenvalue weighted by Crippen LogP contribution is 2.26. The van der Waals surface area contributed by atoms with E-state index in [-0.39, 0.29) is 11.6 Å². The van der Waals surface area contributed by atoms with Crippen molar-refractivity contribution >= 4 is 5.69 Å². The second kappa shape index (κ2) is 7.07. The van der Waals surface area contributed by atoms with Crippen LogP contribution in [-0.2, 0) is 0 Å². The Morgan fingerprint density at radius 2 is 1.86 bits per heavy atom. The fourth-order valence-corrected chi connectivity index (χ4v) is 2.11. The molecule has 104 valence electrons. The molecule has 1 N–H and O–H groups in total. The van der Waals surface area contributed by atoms with E-state index in [0.717, 1.165) is 5.56 Å². The summed E-state index contributed by atoms with van der Waals surface area (Å²) < 4.78 is 14.0. The third-order valence-electron chi connectivity index (χ3n) is 3.17. The van der Waals surface area contributed by atoms with Gasteiger partial charge in [-0.05, 0) is 30.2 Å². The summed E-state index contributed by atoms with van der Waals surface area (Å²) in [5, 5.41) is 20.6. The molecule has 3 nitrogen and oxygen atoms in total. The molecule has 0 fully saturated rings. The van der Waals surface area contributed by atoms with Crippen molar-refractivity contribution in [1.82, 2.24) is 0 Å². The van der Waals surface area contributed by atoms with E-state index in [1.165, 1.54) is 6.07 Å². The van der Waals surface area contributed by atoms with Gasteiger partial charge in [-0.1, -0.05) is 30.3 Å². The molecule has 0 saturated heterocycles. The van der Waals surface area contributed by atoms with Gasteiger partial charge in [-0.25, -0.2) is 4.39 Å². The maximum Gasteiger partial charge on any atom is 0.147 e. The zero-order valence-electron chi connectivity index (χ0n) is 11.4. The van der Waals surface area contributed by atoms with Crippen LogP contribution in [0.5, 0.6) is 0 Å². The molecule has 1 unspecified atom stereocenters. The van der Waals surface area contributed by atoms with E-state index in [2.05, 4.69) is 11.4 Å². The lowest BCUT2D eigenvalue weighted by Gasteiger charge is -2.20. The summed E-state index contributed by atoms with van der Waals surface area (Å²) >= 11 is 0. The summed E-state index contributed by atoms with van der Waals surface area (Å²) in [4.78, 5) is 0. The molecule has 0 amide bonds. The summed E-state index contributed by atoms with van der Waals surface area (Å²) in [7, 11) is 0. The molecule has 1 atom stereocenters. The molecule has 0 saturated carbocycles. The molecule has 4 heteroatoms. The minimum absolute atomic E-state index is 0.145. The van der Waals surface area contributed by atoms with Crippen LogP contribution in [0.25, 0.3) is 0 Å². The van der Waals surface area contributed by atoms with Gasteiger partial charge in [-0.15, -0.1) is 0 Å². The largest absolute Gasteiger partial charge is 0.376 e. The van der Waals surface area contributed by atoms with Crippen molar-refractivity contribution in [2.75, 3.05) is 5.32 Å². The lowest BCUT2D eigenvalue weighted by molar-refractivity contribution is 0.621. The van der Waals surface area contributed by atoms with Crippen molar-refractivity contribution < 1.29 is 4.39 Å². The molecule has 21 heavy (non-hydrogen) atoms. The minimum atomic E-state index is -0.466. The first-order chi connectivity index (χ1) is 10.2. The maximum absolute atomic E-state index is 14.0. The number of nitrogens with one attached hydrogen (secondary N) is 1. The third-order valence-corrected chi connectivity index (χ3v) is 3.17. The van der Waals surface area contributed by atoms with Gasteiger partial charge in [0.15, 0.2) is 0 Å². The van der Waals surface area contributed by atoms with Crippen LogP contribution in [0.3, 0.4) is 0 Å². The second-order valence-electron chi connectivity index (χ2n) is 4.61. The van der Waals surface area contributed by atoms with Crippen molar-refractivity contribution in [2.45, 2.75) is 18.9 Å². The molecule has 0 aliphatic carbocycles. The Balaban J connectivity index is 2.23. The average molecular weight is 279 g/mol. The molecule has 0 aliphatic heterocycles. The van der Waals surface area contributed by atoms with Crippen LogP contribution >= 0.6 is 0 Å². The first kappa shape index (κ1) is 14.6. The first-order valence-corrected chi connectivity index (χ1v) is 6.62. The van der Waals surface area contributed by atoms with Gasteiger partial charge >= 0.3 is 0 Å². The van der Waals surface area contributed by atoms with Crippen LogP contribution < -0.4 is 5.32 Å². The van der Waals surface area contributed by atoms with Gasteiger partial charge in [0.2, 0.25) is 0 Å². The highest BCUT2D eigenvalue weighted by Gasteiger charge is 2.13. The number of nitrogens with zero attached hydrogens (tertiary/aromatic N) is 2. The lowest BCUT2D eigenvalue weighted by atomic mass is 10.0. The highest BCUT2D eigenvalue weighted by atomic mass is 19.1. The summed E-state index contributed by atoms with van der Waals surface area (Å²) in [5.74, 6) is -0.466. The smallest absolute Gasteiger partial charge is 0.147 e. The van der Waals surface area contributed by atoms with Crippen LogP contribution in [0.4, 0.5) is 10.1 Å². The predicted octanol–water partition coefficient (Wildman–Crippen LogP) is 4.15. The van der Waals surface area contributed by atoms with E-state index < -0.39 is 5.82 Å². The molecule has 0 aliphatic rings. The van der Waals surface area contributed by atoms with Gasteiger partial charge in [-0.2, -0.15) is 10.5 Å². The van der Waals surface area contributed by atoms with Gasteiger partial charge in [0.05, 0.1) is 29.4 Å². The van der Waals surface area contributed by atoms with E-state index >= 15 is 0 Å². The van der Waals surface area contributed by atoms with Crippen LogP contribution in [0.1, 0.15) is 30.0 Å². The molecule has 0 radical (unpaired) electrons. The molecule has 0 heterocycles. The molecule has 2 aromatic carbocycles. The molecule has 2 rings (SSSR count). The van der Waals surface area contributed by atoms with Crippen molar-refractivity contribution in [3.8, 4) is 12.1 Å². The van der Waals surface area contributed by atoms with E-state index in [4.69, 9.17) is 10.5 Å². The van der Waals surface area contributed by atoms with Crippen LogP contribution in [0.2, 0.25) is 0 Å². The fraction of sp³-hybridized carbons (Fsp3) is 0.176. The summed E-state index contributed by atoms with van der Waals surface area (Å²) in [6.45, 7) is 0. The lowest BCUT2D eigenvalue weighted by Crippen LogP contribution is -2.11. The number of hydrogen-bond donors (Lipinski definition) is 1. The molecule has 0 spiro atoms. The Labute approximate surface area is 123 Å². The number of nitriles is 2. The fourth-order valence-electron chi connectivity index (χ4n) is 2.11. The number of hydrogen-bond acceptors (Lipinski definition) is 3. The summed E-state index contributed by atoms with van der Waals surface area (Å²) in [6, 6.07) is 17.8. The molecule has 2 aromatic rings. The highest BCUT2D eigenvalue weighted by molar-refractivity contribution is 5.50. The average Bonchev–Trinajstić information content (AvgIpc) is 2.53. The quantitative estimate of drug-likeness (QED) is 0.894. The number of benzene rings is 2. The van der Waals surface area contributed by atoms with Crippen molar-refractivity contribution in [3.63, 3.8) is 0 Å². The van der Waals surface area contributed by atoms with Crippen molar-refractivity contribution in [1.29, 1.82) is 10.5 Å². The van der Waals surface area contributed by atoms with Gasteiger partial charge in [0.1, 0.15) is 5.82 Å². The third kappa shape index (κ3) is 3.81. The van der Waals surface area contributed by atoms with Gasteiger partial charge in [0, 0.05) is 6.42 Å². The molecular formula is C17H14FN3. The molecule has 0 aromatic heterocycles. The minimum Gasteiger partial charge on any atom is -0.376 e. The Bertz CT molecular complexity index is 683. The topological polar surface area (TPSA) is 59.6 Å². The van der Waals surface area contributed by atoms with Gasteiger partial charge in [-0.3, -0.25) is 0 Å². The number of anilines is 1. The van der Waals surface area contributed by atoms with Crippen LogP contribution in [0.15, 0.2) is 48.5 Å². The van der Waals surface area contributed by atoms with E-state index in [1.807, 2.05) is 36.4 Å². The zero-order valence-corrected chi connectivity index (χ0v) is 11.4. The summed E-state index contributed by atoms with van der Waals surface area (Å²) in [5.41, 5.74) is 1.61. The SMILES string of the molecule is N#CCCC(Nc1ccc(C#N)cc1F)c1ccccc1. The van der Waals surface area contributed by atoms with E-state index in [9.17, 15) is 4.39 Å². The van der Waals surface area contributed by atoms with Crippen LogP contribution in [-0.4, -0.2) is 0 Å². The van der Waals surface area contributed by atoms with E-state index in [1.54, 1.807) is 12.1 Å². The normalized spacial score (nSPS) is 11.2. The molecule has 0 bridgehead atoms. The Morgan fingerprint density at radius 3 is 2.48 bits per heavy atom. The Morgan fingerprint density at radius 1 is 1.10 bits per heavy atom.